The summed E-state index contributed by atoms with van der Waals surface area (Å²) in [5, 5.41) is 4.01. The van der Waals surface area contributed by atoms with Crippen molar-refractivity contribution >= 4 is 17.3 Å². The maximum absolute atomic E-state index is 6.12. The highest BCUT2D eigenvalue weighted by Crippen LogP contribution is 2.35. The number of methoxy groups -OCH3 is 2. The van der Waals surface area contributed by atoms with Gasteiger partial charge in [-0.1, -0.05) is 18.0 Å². The van der Waals surface area contributed by atoms with Gasteiger partial charge in [0.2, 0.25) is 0 Å². The maximum atomic E-state index is 6.12. The molecule has 1 aromatic carbocycles. The summed E-state index contributed by atoms with van der Waals surface area (Å²) in [4.78, 5) is 2.46. The van der Waals surface area contributed by atoms with E-state index in [1.54, 1.807) is 20.3 Å². The largest absolute Gasteiger partial charge is 0.495 e. The van der Waals surface area contributed by atoms with E-state index in [-0.39, 0.29) is 0 Å². The highest BCUT2D eigenvalue weighted by atomic mass is 35.5. The molecular weight excluding hydrogens is 288 g/mol. The molecule has 1 unspecified atom stereocenters. The minimum absolute atomic E-state index is 0.562. The zero-order valence-corrected chi connectivity index (χ0v) is 13.9. The molecule has 0 aliphatic carbocycles. The Bertz CT molecular complexity index is 468. The first-order chi connectivity index (χ1) is 10.2. The second-order valence-electron chi connectivity index (χ2n) is 5.53. The molecular formula is C16H25ClN2O2. The first kappa shape index (κ1) is 16.2. The maximum Gasteiger partial charge on any atom is 0.143 e. The molecule has 1 fully saturated rings. The minimum Gasteiger partial charge on any atom is -0.495 e. The van der Waals surface area contributed by atoms with Crippen molar-refractivity contribution < 1.29 is 9.47 Å². The summed E-state index contributed by atoms with van der Waals surface area (Å²) in [6.07, 6.45) is 5.08. The average Bonchev–Trinajstić information content (AvgIpc) is 2.50. The predicted octanol–water partition coefficient (Wildman–Crippen LogP) is 3.64. The van der Waals surface area contributed by atoms with Crippen LogP contribution in [-0.2, 0) is 0 Å². The van der Waals surface area contributed by atoms with E-state index in [1.807, 2.05) is 6.07 Å². The van der Waals surface area contributed by atoms with Crippen molar-refractivity contribution in [3.05, 3.63) is 17.2 Å². The van der Waals surface area contributed by atoms with Gasteiger partial charge in [0.25, 0.3) is 0 Å². The number of hydrogen-bond acceptors (Lipinski definition) is 4. The van der Waals surface area contributed by atoms with Crippen LogP contribution < -0.4 is 14.8 Å². The first-order valence-electron chi connectivity index (χ1n) is 7.51. The number of halogens is 1. The van der Waals surface area contributed by atoms with Crippen LogP contribution in [0.5, 0.6) is 11.5 Å². The molecule has 1 N–H and O–H groups in total. The lowest BCUT2D eigenvalue weighted by Crippen LogP contribution is -2.37. The number of ether oxygens (including phenoxy) is 2. The van der Waals surface area contributed by atoms with Gasteiger partial charge >= 0.3 is 0 Å². The highest BCUT2D eigenvalue weighted by molar-refractivity contribution is 6.32. The van der Waals surface area contributed by atoms with Crippen LogP contribution >= 0.6 is 11.6 Å². The standard InChI is InChI=1S/C16H25ClN2O2/c1-19-9-5-4-6-12(19)7-8-18-14-11-15(20-2)13(17)10-16(14)21-3/h10-12,18H,4-9H2,1-3H3. The number of hydrogen-bond donors (Lipinski definition) is 1. The van der Waals surface area contributed by atoms with Crippen LogP contribution in [0.4, 0.5) is 5.69 Å². The van der Waals surface area contributed by atoms with Crippen LogP contribution in [-0.4, -0.2) is 45.3 Å². The lowest BCUT2D eigenvalue weighted by atomic mass is 10.0. The van der Waals surface area contributed by atoms with E-state index in [0.29, 0.717) is 16.8 Å². The zero-order valence-electron chi connectivity index (χ0n) is 13.1. The molecule has 0 bridgehead atoms. The summed E-state index contributed by atoms with van der Waals surface area (Å²) in [7, 11) is 5.49. The van der Waals surface area contributed by atoms with Crippen LogP contribution in [0, 0.1) is 0 Å². The predicted molar refractivity (Wildman–Crippen MR) is 87.9 cm³/mol. The topological polar surface area (TPSA) is 33.7 Å². The van der Waals surface area contributed by atoms with E-state index in [4.69, 9.17) is 21.1 Å². The van der Waals surface area contributed by atoms with Crippen LogP contribution in [0.25, 0.3) is 0 Å². The van der Waals surface area contributed by atoms with E-state index >= 15 is 0 Å². The number of rotatable bonds is 6. The molecule has 5 heteroatoms. The molecule has 0 aromatic heterocycles. The van der Waals surface area contributed by atoms with Gasteiger partial charge < -0.3 is 19.7 Å². The summed E-state index contributed by atoms with van der Waals surface area (Å²) in [6.45, 7) is 2.12. The molecule has 1 atom stereocenters. The summed E-state index contributed by atoms with van der Waals surface area (Å²) in [5.41, 5.74) is 0.928. The summed E-state index contributed by atoms with van der Waals surface area (Å²) in [6, 6.07) is 4.35. The minimum atomic E-state index is 0.562. The van der Waals surface area contributed by atoms with E-state index in [0.717, 1.165) is 24.4 Å². The van der Waals surface area contributed by atoms with Crippen molar-refractivity contribution in [3.63, 3.8) is 0 Å². The fraction of sp³-hybridized carbons (Fsp3) is 0.625. The molecule has 0 amide bonds. The molecule has 4 nitrogen and oxygen atoms in total. The van der Waals surface area contributed by atoms with Gasteiger partial charge in [-0.2, -0.15) is 0 Å². The van der Waals surface area contributed by atoms with E-state index in [1.165, 1.54) is 25.8 Å². The van der Waals surface area contributed by atoms with E-state index in [9.17, 15) is 0 Å². The molecule has 1 saturated heterocycles. The van der Waals surface area contributed by atoms with Gasteiger partial charge in [0, 0.05) is 24.7 Å². The van der Waals surface area contributed by atoms with Gasteiger partial charge in [-0.15, -0.1) is 0 Å². The van der Waals surface area contributed by atoms with Gasteiger partial charge in [-0.05, 0) is 32.9 Å². The van der Waals surface area contributed by atoms with Crippen molar-refractivity contribution in [2.24, 2.45) is 0 Å². The molecule has 1 aliphatic heterocycles. The summed E-state index contributed by atoms with van der Waals surface area (Å²) in [5.74, 6) is 1.41. The van der Waals surface area contributed by atoms with Gasteiger partial charge in [-0.3, -0.25) is 0 Å². The van der Waals surface area contributed by atoms with Crippen molar-refractivity contribution in [3.8, 4) is 11.5 Å². The molecule has 21 heavy (non-hydrogen) atoms. The highest BCUT2D eigenvalue weighted by Gasteiger charge is 2.18. The van der Waals surface area contributed by atoms with Gasteiger partial charge in [-0.25, -0.2) is 0 Å². The van der Waals surface area contributed by atoms with Gasteiger partial charge in [0.05, 0.1) is 24.9 Å². The lowest BCUT2D eigenvalue weighted by Gasteiger charge is -2.32. The van der Waals surface area contributed by atoms with Crippen molar-refractivity contribution in [2.45, 2.75) is 31.7 Å². The fourth-order valence-electron chi connectivity index (χ4n) is 2.88. The summed E-state index contributed by atoms with van der Waals surface area (Å²) < 4.78 is 10.6. The SMILES string of the molecule is COc1cc(NCCC2CCCCN2C)c(OC)cc1Cl. The third-order valence-electron chi connectivity index (χ3n) is 4.19. The Morgan fingerprint density at radius 3 is 2.67 bits per heavy atom. The Kier molecular flexibility index (Phi) is 6.00. The van der Waals surface area contributed by atoms with Gasteiger partial charge in [0.15, 0.2) is 0 Å². The number of nitrogens with zero attached hydrogens (tertiary/aromatic N) is 1. The van der Waals surface area contributed by atoms with Crippen molar-refractivity contribution in [1.82, 2.24) is 4.90 Å². The fourth-order valence-corrected chi connectivity index (χ4v) is 3.11. The summed E-state index contributed by atoms with van der Waals surface area (Å²) >= 11 is 6.12. The quantitative estimate of drug-likeness (QED) is 0.869. The normalized spacial score (nSPS) is 19.3. The van der Waals surface area contributed by atoms with E-state index < -0.39 is 0 Å². The van der Waals surface area contributed by atoms with Crippen molar-refractivity contribution in [2.75, 3.05) is 39.7 Å². The smallest absolute Gasteiger partial charge is 0.143 e. The Morgan fingerprint density at radius 1 is 1.24 bits per heavy atom. The number of benzene rings is 1. The van der Waals surface area contributed by atoms with Crippen LogP contribution in [0.3, 0.4) is 0 Å². The zero-order chi connectivity index (χ0) is 15.2. The van der Waals surface area contributed by atoms with Gasteiger partial charge in [0.1, 0.15) is 11.5 Å². The Morgan fingerprint density at radius 2 is 2.00 bits per heavy atom. The van der Waals surface area contributed by atoms with Crippen LogP contribution in [0.1, 0.15) is 25.7 Å². The molecule has 0 radical (unpaired) electrons. The average molecular weight is 313 g/mol. The van der Waals surface area contributed by atoms with Crippen LogP contribution in [0.2, 0.25) is 5.02 Å². The monoisotopic (exact) mass is 312 g/mol. The molecule has 1 heterocycles. The Hall–Kier alpha value is -1.13. The molecule has 2 rings (SSSR count). The second-order valence-corrected chi connectivity index (χ2v) is 5.94. The number of anilines is 1. The van der Waals surface area contributed by atoms with Crippen LogP contribution in [0.15, 0.2) is 12.1 Å². The number of piperidine rings is 1. The number of likely N-dealkylation sites (tertiary alicyclic amines) is 1. The first-order valence-corrected chi connectivity index (χ1v) is 7.89. The lowest BCUT2D eigenvalue weighted by molar-refractivity contribution is 0.179. The third kappa shape index (κ3) is 4.17. The Labute approximate surface area is 132 Å². The molecule has 1 aromatic rings. The molecule has 118 valence electrons. The van der Waals surface area contributed by atoms with Crippen molar-refractivity contribution in [1.29, 1.82) is 0 Å². The molecule has 0 spiro atoms. The van der Waals surface area contributed by atoms with E-state index in [2.05, 4.69) is 17.3 Å². The Balaban J connectivity index is 1.95. The number of nitrogens with one attached hydrogen (secondary N) is 1. The molecule has 1 aliphatic rings. The third-order valence-corrected chi connectivity index (χ3v) is 4.48. The second kappa shape index (κ2) is 7.76. The molecule has 0 saturated carbocycles.